The Morgan fingerprint density at radius 2 is 2.13 bits per heavy atom. The van der Waals surface area contributed by atoms with E-state index in [1.54, 1.807) is 0 Å². The van der Waals surface area contributed by atoms with Crippen LogP contribution in [0.15, 0.2) is 10.8 Å². The molecule has 126 valence electrons. The topological polar surface area (TPSA) is 86.7 Å². The van der Waals surface area contributed by atoms with Crippen LogP contribution in [0.4, 0.5) is 8.78 Å². The molecule has 2 amide bonds. The molecule has 1 atom stereocenters. The number of carbonyl (C=O) groups excluding carboxylic acids is 2. The van der Waals surface area contributed by atoms with Gasteiger partial charge in [-0.25, -0.2) is 8.78 Å². The average Bonchev–Trinajstić information content (AvgIpc) is 2.91. The first kappa shape index (κ1) is 17.3. The zero-order chi connectivity index (χ0) is 17.0. The second-order valence-corrected chi connectivity index (χ2v) is 5.96. The number of halogens is 2. The zero-order valence-electron chi connectivity index (χ0n) is 12.1. The summed E-state index contributed by atoms with van der Waals surface area (Å²) in [4.78, 5) is 36.4. The van der Waals surface area contributed by atoms with Crippen LogP contribution in [-0.4, -0.2) is 46.9 Å². The van der Waals surface area contributed by atoms with E-state index in [0.717, 1.165) is 11.3 Å². The summed E-state index contributed by atoms with van der Waals surface area (Å²) in [6, 6.07) is -0.894. The molecule has 0 radical (unpaired) electrons. The van der Waals surface area contributed by atoms with Gasteiger partial charge in [-0.15, -0.1) is 0 Å². The molecule has 1 unspecified atom stereocenters. The fourth-order valence-corrected chi connectivity index (χ4v) is 3.28. The van der Waals surface area contributed by atoms with Crippen LogP contribution in [0.25, 0.3) is 0 Å². The van der Waals surface area contributed by atoms with Gasteiger partial charge in [-0.2, -0.15) is 11.3 Å². The smallest absolute Gasteiger partial charge is 0.323 e. The van der Waals surface area contributed by atoms with Crippen molar-refractivity contribution in [3.05, 3.63) is 21.9 Å². The van der Waals surface area contributed by atoms with Crippen LogP contribution in [0, 0.1) is 0 Å². The molecule has 9 heteroatoms. The molecule has 1 saturated heterocycles. The third-order valence-corrected chi connectivity index (χ3v) is 4.35. The van der Waals surface area contributed by atoms with Gasteiger partial charge in [-0.05, 0) is 19.3 Å². The minimum Gasteiger partial charge on any atom is -0.480 e. The van der Waals surface area contributed by atoms with E-state index in [2.05, 4.69) is 5.32 Å². The number of nitrogens with zero attached hydrogens (tertiary/aromatic N) is 1. The van der Waals surface area contributed by atoms with E-state index in [4.69, 9.17) is 5.11 Å². The van der Waals surface area contributed by atoms with Crippen molar-refractivity contribution in [3.8, 4) is 0 Å². The van der Waals surface area contributed by atoms with Gasteiger partial charge >= 0.3 is 5.97 Å². The summed E-state index contributed by atoms with van der Waals surface area (Å²) in [5.41, 5.74) is -0.511. The Hall–Kier alpha value is -2.03. The Morgan fingerprint density at radius 1 is 1.39 bits per heavy atom. The Bertz CT molecular complexity index is 605. The minimum atomic E-state index is -2.77. The van der Waals surface area contributed by atoms with Crippen molar-refractivity contribution in [2.45, 2.75) is 31.7 Å². The number of rotatable bonds is 5. The molecule has 2 rings (SSSR count). The van der Waals surface area contributed by atoms with Gasteiger partial charge in [0.05, 0.1) is 5.56 Å². The van der Waals surface area contributed by atoms with Gasteiger partial charge in [0.15, 0.2) is 0 Å². The molecule has 6 nitrogen and oxygen atoms in total. The van der Waals surface area contributed by atoms with E-state index in [1.807, 2.05) is 0 Å². The van der Waals surface area contributed by atoms with E-state index in [-0.39, 0.29) is 11.1 Å². The average molecular weight is 346 g/mol. The second-order valence-electron chi connectivity index (χ2n) is 5.22. The number of carbonyl (C=O) groups is 3. The number of amides is 2. The lowest BCUT2D eigenvalue weighted by molar-refractivity contribution is -0.144. The lowest BCUT2D eigenvalue weighted by Crippen LogP contribution is -2.48. The molecular weight excluding hydrogens is 330 g/mol. The van der Waals surface area contributed by atoms with Crippen molar-refractivity contribution in [1.29, 1.82) is 0 Å². The highest BCUT2D eigenvalue weighted by molar-refractivity contribution is 7.08. The first-order valence-electron chi connectivity index (χ1n) is 7.06. The molecule has 2 N–H and O–H groups in total. The maximum atomic E-state index is 12.8. The summed E-state index contributed by atoms with van der Waals surface area (Å²) in [5, 5.41) is 13.8. The van der Waals surface area contributed by atoms with Crippen LogP contribution in [0.2, 0.25) is 0 Å². The van der Waals surface area contributed by atoms with Crippen molar-refractivity contribution in [3.63, 3.8) is 0 Å². The number of likely N-dealkylation sites (tertiary alicyclic amines) is 1. The molecule has 0 spiro atoms. The number of aliphatic carboxylic acids is 1. The Labute approximate surface area is 135 Å². The van der Waals surface area contributed by atoms with E-state index in [1.165, 1.54) is 15.7 Å². The first-order valence-corrected chi connectivity index (χ1v) is 8.00. The van der Waals surface area contributed by atoms with Gasteiger partial charge in [-0.3, -0.25) is 14.4 Å². The third kappa shape index (κ3) is 4.25. The maximum absolute atomic E-state index is 12.8. The highest BCUT2D eigenvalue weighted by Gasteiger charge is 2.30. The Morgan fingerprint density at radius 3 is 2.78 bits per heavy atom. The highest BCUT2D eigenvalue weighted by atomic mass is 32.1. The lowest BCUT2D eigenvalue weighted by Gasteiger charge is -2.23. The maximum Gasteiger partial charge on any atom is 0.323 e. The fourth-order valence-electron chi connectivity index (χ4n) is 2.46. The molecule has 1 aromatic rings. The molecule has 23 heavy (non-hydrogen) atoms. The molecule has 0 bridgehead atoms. The van der Waals surface area contributed by atoms with E-state index in [9.17, 15) is 23.2 Å². The number of carboxylic acid groups (broad SMARTS) is 1. The highest BCUT2D eigenvalue weighted by Crippen LogP contribution is 2.26. The van der Waals surface area contributed by atoms with Gasteiger partial charge in [0.25, 0.3) is 12.3 Å². The third-order valence-electron chi connectivity index (χ3n) is 3.58. The molecule has 2 heterocycles. The predicted molar refractivity (Wildman–Crippen MR) is 78.6 cm³/mol. The van der Waals surface area contributed by atoms with Crippen LogP contribution < -0.4 is 5.32 Å². The Balaban J connectivity index is 2.10. The van der Waals surface area contributed by atoms with Gasteiger partial charge in [-0.1, -0.05) is 0 Å². The molecule has 1 fully saturated rings. The summed E-state index contributed by atoms with van der Waals surface area (Å²) in [5.74, 6) is -2.37. The van der Waals surface area contributed by atoms with Crippen molar-refractivity contribution < 1.29 is 28.3 Å². The standard InChI is InChI=1S/C14H16F2N2O4S/c15-12(16)8-6-23-7-9(8)13(21)17-10-3-1-2-4-18(14(10)22)5-11(19)20/h6-7,10,12H,1-5H2,(H,17,21)(H,19,20). The number of nitrogens with one attached hydrogen (secondary N) is 1. The van der Waals surface area contributed by atoms with Gasteiger partial charge in [0, 0.05) is 22.9 Å². The summed E-state index contributed by atoms with van der Waals surface area (Å²) in [6.07, 6.45) is -1.14. The number of thiophene rings is 1. The zero-order valence-corrected chi connectivity index (χ0v) is 12.9. The van der Waals surface area contributed by atoms with Crippen molar-refractivity contribution >= 4 is 29.1 Å². The first-order chi connectivity index (χ1) is 10.9. The lowest BCUT2D eigenvalue weighted by atomic mass is 10.1. The predicted octanol–water partition coefficient (Wildman–Crippen LogP) is 1.88. The molecule has 0 saturated carbocycles. The number of hydrogen-bond acceptors (Lipinski definition) is 4. The van der Waals surface area contributed by atoms with Crippen molar-refractivity contribution in [2.75, 3.05) is 13.1 Å². The van der Waals surface area contributed by atoms with E-state index < -0.39 is 36.8 Å². The largest absolute Gasteiger partial charge is 0.480 e. The summed E-state index contributed by atoms with van der Waals surface area (Å²) < 4.78 is 25.7. The SMILES string of the molecule is O=C(O)CN1CCCCC(NC(=O)c2cscc2C(F)F)C1=O. The minimum absolute atomic E-state index is 0.146. The summed E-state index contributed by atoms with van der Waals surface area (Å²) in [7, 11) is 0. The van der Waals surface area contributed by atoms with Gasteiger partial charge in [0.1, 0.15) is 12.6 Å². The van der Waals surface area contributed by atoms with Crippen LogP contribution in [0.5, 0.6) is 0 Å². The van der Waals surface area contributed by atoms with E-state index >= 15 is 0 Å². The van der Waals surface area contributed by atoms with Crippen LogP contribution in [0.3, 0.4) is 0 Å². The quantitative estimate of drug-likeness (QED) is 0.852. The molecule has 1 aliphatic rings. The molecule has 1 aliphatic heterocycles. The van der Waals surface area contributed by atoms with Crippen LogP contribution in [0.1, 0.15) is 41.6 Å². The van der Waals surface area contributed by atoms with Crippen LogP contribution in [-0.2, 0) is 9.59 Å². The molecular formula is C14H16F2N2O4S. The van der Waals surface area contributed by atoms with E-state index in [0.29, 0.717) is 25.8 Å². The summed E-state index contributed by atoms with van der Waals surface area (Å²) in [6.45, 7) is -0.135. The van der Waals surface area contributed by atoms with Crippen molar-refractivity contribution in [1.82, 2.24) is 10.2 Å². The monoisotopic (exact) mass is 346 g/mol. The molecule has 0 aliphatic carbocycles. The number of carboxylic acids is 1. The normalized spacial score (nSPS) is 18.8. The molecule has 0 aromatic carbocycles. The summed E-state index contributed by atoms with van der Waals surface area (Å²) >= 11 is 0.985. The van der Waals surface area contributed by atoms with Crippen LogP contribution >= 0.6 is 11.3 Å². The number of alkyl halides is 2. The molecule has 1 aromatic heterocycles. The van der Waals surface area contributed by atoms with Gasteiger partial charge in [0.2, 0.25) is 5.91 Å². The van der Waals surface area contributed by atoms with Gasteiger partial charge < -0.3 is 15.3 Å². The fraction of sp³-hybridized carbons (Fsp3) is 0.500. The Kier molecular flexibility index (Phi) is 5.64. The second kappa shape index (κ2) is 7.49. The number of hydrogen-bond donors (Lipinski definition) is 2. The van der Waals surface area contributed by atoms with Crippen molar-refractivity contribution in [2.24, 2.45) is 0 Å².